The van der Waals surface area contributed by atoms with Crippen LogP contribution in [0.3, 0.4) is 0 Å². The third kappa shape index (κ3) is 4.97. The predicted molar refractivity (Wildman–Crippen MR) is 149 cm³/mol. The number of nitrogens with two attached hydrogens (primary N) is 1. The quantitative estimate of drug-likeness (QED) is 0.407. The van der Waals surface area contributed by atoms with Gasteiger partial charge in [-0.2, -0.15) is 0 Å². The van der Waals surface area contributed by atoms with Crippen molar-refractivity contribution in [3.63, 3.8) is 0 Å². The van der Waals surface area contributed by atoms with Crippen molar-refractivity contribution in [3.8, 4) is 5.75 Å². The van der Waals surface area contributed by atoms with Gasteiger partial charge in [-0.25, -0.2) is 0 Å². The first-order chi connectivity index (χ1) is 18.2. The zero-order valence-electron chi connectivity index (χ0n) is 22.4. The summed E-state index contributed by atoms with van der Waals surface area (Å²) in [5.74, 6) is 2.08. The van der Waals surface area contributed by atoms with Gasteiger partial charge in [-0.3, -0.25) is 9.79 Å². The van der Waals surface area contributed by atoms with Crippen LogP contribution >= 0.6 is 0 Å². The summed E-state index contributed by atoms with van der Waals surface area (Å²) >= 11 is 0. The standard InChI is InChI=1S/C32H35N3O3/c1-31(2,3)30-16-23(35-38-30)15-24(36)12-20-4-6-21(7-5-20)28-17-27-26-9-8-25(13-22(26)14-29(27)34-28)37-19-32(18-33)10-11-32/h4-9,13,16-17,27H,10-12,14-15,18-19,33H2,1-3H3. The summed E-state index contributed by atoms with van der Waals surface area (Å²) in [4.78, 5) is 17.6. The molecule has 2 N–H and O–H groups in total. The number of rotatable bonds is 9. The summed E-state index contributed by atoms with van der Waals surface area (Å²) in [5, 5.41) is 4.07. The lowest BCUT2D eigenvalue weighted by Crippen LogP contribution is -2.22. The van der Waals surface area contributed by atoms with E-state index in [9.17, 15) is 4.79 Å². The largest absolute Gasteiger partial charge is 0.493 e. The summed E-state index contributed by atoms with van der Waals surface area (Å²) in [6.45, 7) is 7.60. The topological polar surface area (TPSA) is 90.7 Å². The normalized spacial score (nSPS) is 19.0. The summed E-state index contributed by atoms with van der Waals surface area (Å²) in [6, 6.07) is 16.5. The Hall–Kier alpha value is -3.51. The molecule has 6 rings (SSSR count). The van der Waals surface area contributed by atoms with Crippen molar-refractivity contribution < 1.29 is 14.1 Å². The molecule has 2 heterocycles. The fourth-order valence-electron chi connectivity index (χ4n) is 5.27. The third-order valence-corrected chi connectivity index (χ3v) is 8.03. The maximum atomic E-state index is 12.6. The number of carbonyl (C=O) groups excluding carboxylic acids is 1. The second-order valence-corrected chi connectivity index (χ2v) is 12.2. The van der Waals surface area contributed by atoms with E-state index in [2.05, 4.69) is 62.3 Å². The van der Waals surface area contributed by atoms with Crippen molar-refractivity contribution >= 4 is 17.2 Å². The van der Waals surface area contributed by atoms with Gasteiger partial charge in [0.2, 0.25) is 0 Å². The predicted octanol–water partition coefficient (Wildman–Crippen LogP) is 5.58. The molecule has 1 fully saturated rings. The minimum absolute atomic E-state index is 0.121. The van der Waals surface area contributed by atoms with Crippen LogP contribution in [-0.4, -0.2) is 29.8 Å². The molecule has 0 bridgehead atoms. The lowest BCUT2D eigenvalue weighted by Gasteiger charge is -2.14. The zero-order chi connectivity index (χ0) is 26.5. The number of ketones is 1. The van der Waals surface area contributed by atoms with Crippen LogP contribution in [0.5, 0.6) is 5.75 Å². The van der Waals surface area contributed by atoms with Gasteiger partial charge in [0.15, 0.2) is 0 Å². The van der Waals surface area contributed by atoms with Gasteiger partial charge in [0.05, 0.1) is 24.4 Å². The first kappa shape index (κ1) is 24.8. The third-order valence-electron chi connectivity index (χ3n) is 8.03. The molecule has 196 valence electrons. The zero-order valence-corrected chi connectivity index (χ0v) is 22.4. The van der Waals surface area contributed by atoms with Crippen molar-refractivity contribution in [2.24, 2.45) is 16.1 Å². The van der Waals surface area contributed by atoms with Gasteiger partial charge in [-0.05, 0) is 53.3 Å². The summed E-state index contributed by atoms with van der Waals surface area (Å²) < 4.78 is 11.5. The second kappa shape index (κ2) is 9.35. The Labute approximate surface area is 224 Å². The fraction of sp³-hybridized carbons (Fsp3) is 0.406. The summed E-state index contributed by atoms with van der Waals surface area (Å²) in [6.07, 6.45) is 6.09. The Morgan fingerprint density at radius 3 is 2.58 bits per heavy atom. The molecule has 2 aromatic carbocycles. The van der Waals surface area contributed by atoms with Crippen LogP contribution in [0.15, 0.2) is 64.1 Å². The lowest BCUT2D eigenvalue weighted by atomic mass is 9.93. The van der Waals surface area contributed by atoms with E-state index in [0.29, 0.717) is 25.3 Å². The number of hydrogen-bond acceptors (Lipinski definition) is 6. The molecule has 0 spiro atoms. The van der Waals surface area contributed by atoms with Crippen LogP contribution in [0.4, 0.5) is 0 Å². The molecule has 0 amide bonds. The maximum absolute atomic E-state index is 12.6. The molecule has 1 saturated carbocycles. The first-order valence-corrected chi connectivity index (χ1v) is 13.5. The molecular weight excluding hydrogens is 474 g/mol. The van der Waals surface area contributed by atoms with E-state index in [-0.39, 0.29) is 29.0 Å². The number of hydrogen-bond donors (Lipinski definition) is 1. The van der Waals surface area contributed by atoms with Gasteiger partial charge < -0.3 is 15.0 Å². The molecule has 1 aromatic heterocycles. The Kier molecular flexibility index (Phi) is 6.10. The van der Waals surface area contributed by atoms with Crippen LogP contribution in [0, 0.1) is 5.41 Å². The van der Waals surface area contributed by atoms with E-state index >= 15 is 0 Å². The van der Waals surface area contributed by atoms with Crippen LogP contribution in [0.1, 0.15) is 73.2 Å². The second-order valence-electron chi connectivity index (χ2n) is 12.2. The molecule has 0 saturated heterocycles. The van der Waals surface area contributed by atoms with Crippen molar-refractivity contribution in [1.82, 2.24) is 5.16 Å². The van der Waals surface area contributed by atoms with Crippen molar-refractivity contribution in [1.29, 1.82) is 0 Å². The molecule has 1 atom stereocenters. The SMILES string of the molecule is CC(C)(C)c1cc(CC(=O)Cc2ccc(C3=CC4C(=N3)Cc3cc(OCC5(CN)CC5)ccc34)cc2)no1. The average Bonchev–Trinajstić information content (AvgIpc) is 3.16. The van der Waals surface area contributed by atoms with Crippen molar-refractivity contribution in [2.75, 3.05) is 13.2 Å². The van der Waals surface area contributed by atoms with Crippen LogP contribution in [0.25, 0.3) is 5.70 Å². The number of benzene rings is 2. The number of fused-ring (bicyclic) bond motifs is 3. The molecule has 6 nitrogen and oxygen atoms in total. The molecule has 1 aliphatic heterocycles. The van der Waals surface area contributed by atoms with E-state index in [1.807, 2.05) is 18.2 Å². The van der Waals surface area contributed by atoms with Gasteiger partial charge in [-0.1, -0.05) is 56.3 Å². The van der Waals surface area contributed by atoms with E-state index in [0.717, 1.165) is 34.8 Å². The number of aliphatic imine (C=N–C) groups is 1. The molecule has 0 radical (unpaired) electrons. The molecule has 6 heteroatoms. The van der Waals surface area contributed by atoms with Gasteiger partial charge in [0, 0.05) is 47.9 Å². The summed E-state index contributed by atoms with van der Waals surface area (Å²) in [7, 11) is 0. The van der Waals surface area contributed by atoms with Crippen molar-refractivity contribution in [3.05, 3.63) is 88.3 Å². The summed E-state index contributed by atoms with van der Waals surface area (Å²) in [5.41, 5.74) is 13.5. The van der Waals surface area contributed by atoms with Gasteiger partial charge in [0.25, 0.3) is 0 Å². The van der Waals surface area contributed by atoms with Gasteiger partial charge in [-0.15, -0.1) is 0 Å². The maximum Gasteiger partial charge on any atom is 0.143 e. The smallest absolute Gasteiger partial charge is 0.143 e. The molecular formula is C32H35N3O3. The van der Waals surface area contributed by atoms with E-state index in [4.69, 9.17) is 20.0 Å². The first-order valence-electron chi connectivity index (χ1n) is 13.5. The van der Waals surface area contributed by atoms with Crippen LogP contribution in [-0.2, 0) is 29.5 Å². The lowest BCUT2D eigenvalue weighted by molar-refractivity contribution is -0.117. The van der Waals surface area contributed by atoms with E-state index in [1.165, 1.54) is 29.7 Å². The molecule has 1 unspecified atom stereocenters. The number of Topliss-reactive ketones (excluding diaryl/α,β-unsaturated/α-hetero) is 1. The highest BCUT2D eigenvalue weighted by atomic mass is 16.5. The number of allylic oxidation sites excluding steroid dienone is 1. The molecule has 3 aliphatic rings. The van der Waals surface area contributed by atoms with Crippen LogP contribution < -0.4 is 10.5 Å². The minimum atomic E-state index is -0.121. The van der Waals surface area contributed by atoms with E-state index < -0.39 is 0 Å². The Morgan fingerprint density at radius 1 is 1.11 bits per heavy atom. The highest BCUT2D eigenvalue weighted by Gasteiger charge is 2.42. The van der Waals surface area contributed by atoms with Crippen LogP contribution in [0.2, 0.25) is 0 Å². The number of carbonyl (C=O) groups is 1. The minimum Gasteiger partial charge on any atom is -0.493 e. The van der Waals surface area contributed by atoms with Gasteiger partial charge in [0.1, 0.15) is 17.3 Å². The fourth-order valence-corrected chi connectivity index (χ4v) is 5.27. The van der Waals surface area contributed by atoms with Gasteiger partial charge >= 0.3 is 0 Å². The Bertz CT molecular complexity index is 1440. The number of aromatic nitrogens is 1. The number of nitrogens with zero attached hydrogens (tertiary/aromatic N) is 2. The van der Waals surface area contributed by atoms with Crippen molar-refractivity contribution in [2.45, 2.75) is 64.2 Å². The highest BCUT2D eigenvalue weighted by Crippen LogP contribution is 2.45. The number of ether oxygens (including phenoxy) is 1. The molecule has 3 aromatic rings. The highest BCUT2D eigenvalue weighted by molar-refractivity contribution is 6.05. The monoisotopic (exact) mass is 509 g/mol. The average molecular weight is 510 g/mol. The molecule has 2 aliphatic carbocycles. The van der Waals surface area contributed by atoms with E-state index in [1.54, 1.807) is 0 Å². The Balaban J connectivity index is 1.07. The Morgan fingerprint density at radius 2 is 1.89 bits per heavy atom. The molecule has 38 heavy (non-hydrogen) atoms.